The minimum Gasteiger partial charge on any atom is -0.265 e. The second kappa shape index (κ2) is 4.78. The van der Waals surface area contributed by atoms with Crippen molar-refractivity contribution in [2.75, 3.05) is 0 Å². The Labute approximate surface area is 93.9 Å². The van der Waals surface area contributed by atoms with E-state index in [1.807, 2.05) is 12.4 Å². The molecule has 1 atom stereocenters. The molecule has 1 aromatic heterocycles. The smallest absolute Gasteiger partial charge is 0.0270 e. The van der Waals surface area contributed by atoms with Gasteiger partial charge in [-0.2, -0.15) is 0 Å². The first-order chi connectivity index (χ1) is 6.91. The van der Waals surface area contributed by atoms with Crippen LogP contribution in [0.2, 0.25) is 0 Å². The third-order valence-corrected chi connectivity index (χ3v) is 2.86. The van der Waals surface area contributed by atoms with E-state index in [2.05, 4.69) is 51.7 Å². The molecule has 0 radical (unpaired) electrons. The van der Waals surface area contributed by atoms with Crippen LogP contribution in [0.25, 0.3) is 0 Å². The first-order valence-electron chi connectivity index (χ1n) is 5.81. The average molecular weight is 205 g/mol. The molecule has 0 bridgehead atoms. The molecule has 0 aliphatic rings. The highest BCUT2D eigenvalue weighted by Gasteiger charge is 2.26. The lowest BCUT2D eigenvalue weighted by atomic mass is 9.73. The zero-order valence-electron chi connectivity index (χ0n) is 10.6. The summed E-state index contributed by atoms with van der Waals surface area (Å²) in [7, 11) is 0. The Hall–Kier alpha value is -0.850. The van der Waals surface area contributed by atoms with Gasteiger partial charge in [-0.3, -0.25) is 4.98 Å². The maximum atomic E-state index is 4.09. The number of pyridine rings is 1. The second-order valence-electron chi connectivity index (χ2n) is 5.83. The zero-order chi connectivity index (χ0) is 11.5. The van der Waals surface area contributed by atoms with E-state index in [0.29, 0.717) is 11.3 Å². The van der Waals surface area contributed by atoms with E-state index >= 15 is 0 Å². The Morgan fingerprint density at radius 1 is 1.13 bits per heavy atom. The average Bonchev–Trinajstić information content (AvgIpc) is 2.14. The van der Waals surface area contributed by atoms with Crippen LogP contribution in [0, 0.1) is 11.3 Å². The third kappa shape index (κ3) is 3.65. The lowest BCUT2D eigenvalue weighted by Crippen LogP contribution is -2.20. The van der Waals surface area contributed by atoms with Crippen molar-refractivity contribution in [1.82, 2.24) is 4.98 Å². The number of aromatic nitrogens is 1. The fourth-order valence-electron chi connectivity index (χ4n) is 2.06. The molecule has 84 valence electrons. The van der Waals surface area contributed by atoms with Crippen LogP contribution in [-0.4, -0.2) is 4.98 Å². The molecule has 1 nitrogen and oxygen atoms in total. The summed E-state index contributed by atoms with van der Waals surface area (Å²) in [5.41, 5.74) is 1.75. The standard InChI is InChI=1S/C14H23N/c1-11(2)10-13(14(3,4)5)12-6-8-15-9-7-12/h6-9,11,13H,10H2,1-5H3. The summed E-state index contributed by atoms with van der Waals surface area (Å²) in [5, 5.41) is 0. The van der Waals surface area contributed by atoms with E-state index in [-0.39, 0.29) is 0 Å². The second-order valence-corrected chi connectivity index (χ2v) is 5.83. The van der Waals surface area contributed by atoms with Gasteiger partial charge < -0.3 is 0 Å². The molecule has 0 N–H and O–H groups in total. The van der Waals surface area contributed by atoms with Crippen molar-refractivity contribution in [3.63, 3.8) is 0 Å². The van der Waals surface area contributed by atoms with Gasteiger partial charge in [0.15, 0.2) is 0 Å². The molecule has 1 aromatic rings. The monoisotopic (exact) mass is 205 g/mol. The molecule has 1 heteroatoms. The SMILES string of the molecule is CC(C)CC(c1ccncc1)C(C)(C)C. The first kappa shape index (κ1) is 12.2. The Bertz CT molecular complexity index is 282. The molecule has 1 heterocycles. The highest BCUT2D eigenvalue weighted by molar-refractivity contribution is 5.18. The summed E-state index contributed by atoms with van der Waals surface area (Å²) in [6, 6.07) is 4.30. The summed E-state index contributed by atoms with van der Waals surface area (Å²) in [5.74, 6) is 1.36. The molecular formula is C14H23N. The van der Waals surface area contributed by atoms with Gasteiger partial charge in [-0.1, -0.05) is 34.6 Å². The fraction of sp³-hybridized carbons (Fsp3) is 0.643. The summed E-state index contributed by atoms with van der Waals surface area (Å²) in [6.07, 6.45) is 5.04. The van der Waals surface area contributed by atoms with Crippen molar-refractivity contribution in [1.29, 1.82) is 0 Å². The van der Waals surface area contributed by atoms with Crippen molar-refractivity contribution in [3.8, 4) is 0 Å². The number of hydrogen-bond acceptors (Lipinski definition) is 1. The van der Waals surface area contributed by atoms with Crippen LogP contribution in [-0.2, 0) is 0 Å². The van der Waals surface area contributed by atoms with E-state index in [4.69, 9.17) is 0 Å². The molecule has 1 rings (SSSR count). The molecular weight excluding hydrogens is 182 g/mol. The van der Waals surface area contributed by atoms with Crippen molar-refractivity contribution in [3.05, 3.63) is 30.1 Å². The van der Waals surface area contributed by atoms with Crippen molar-refractivity contribution in [2.45, 2.75) is 47.0 Å². The van der Waals surface area contributed by atoms with Crippen LogP contribution >= 0.6 is 0 Å². The van der Waals surface area contributed by atoms with Crippen LogP contribution in [0.1, 0.15) is 52.5 Å². The van der Waals surface area contributed by atoms with Crippen molar-refractivity contribution >= 4 is 0 Å². The van der Waals surface area contributed by atoms with Gasteiger partial charge in [0.1, 0.15) is 0 Å². The molecule has 15 heavy (non-hydrogen) atoms. The summed E-state index contributed by atoms with van der Waals surface area (Å²) in [6.45, 7) is 11.5. The van der Waals surface area contributed by atoms with E-state index < -0.39 is 0 Å². The predicted molar refractivity (Wildman–Crippen MR) is 65.9 cm³/mol. The minimum absolute atomic E-state index is 0.325. The predicted octanol–water partition coefficient (Wildman–Crippen LogP) is 4.26. The summed E-state index contributed by atoms with van der Waals surface area (Å²) >= 11 is 0. The summed E-state index contributed by atoms with van der Waals surface area (Å²) in [4.78, 5) is 4.09. The van der Waals surface area contributed by atoms with Crippen LogP contribution in [0.3, 0.4) is 0 Å². The third-order valence-electron chi connectivity index (χ3n) is 2.86. The van der Waals surface area contributed by atoms with Crippen LogP contribution in [0.5, 0.6) is 0 Å². The molecule has 0 amide bonds. The Balaban J connectivity index is 2.92. The van der Waals surface area contributed by atoms with E-state index in [1.54, 1.807) is 0 Å². The van der Waals surface area contributed by atoms with Gasteiger partial charge in [0.2, 0.25) is 0 Å². The molecule has 0 aliphatic heterocycles. The highest BCUT2D eigenvalue weighted by Crippen LogP contribution is 2.39. The molecule has 0 saturated heterocycles. The topological polar surface area (TPSA) is 12.9 Å². The number of hydrogen-bond donors (Lipinski definition) is 0. The normalized spacial score (nSPS) is 14.3. The van der Waals surface area contributed by atoms with Gasteiger partial charge >= 0.3 is 0 Å². The first-order valence-corrected chi connectivity index (χ1v) is 5.81. The Kier molecular flexibility index (Phi) is 3.90. The van der Waals surface area contributed by atoms with Gasteiger partial charge in [0.05, 0.1) is 0 Å². The summed E-state index contributed by atoms with van der Waals surface area (Å²) < 4.78 is 0. The lowest BCUT2D eigenvalue weighted by molar-refractivity contribution is 0.280. The lowest BCUT2D eigenvalue weighted by Gasteiger charge is -2.32. The van der Waals surface area contributed by atoms with Gasteiger partial charge in [-0.15, -0.1) is 0 Å². The Morgan fingerprint density at radius 3 is 2.07 bits per heavy atom. The maximum Gasteiger partial charge on any atom is 0.0270 e. The highest BCUT2D eigenvalue weighted by atomic mass is 14.6. The minimum atomic E-state index is 0.325. The molecule has 0 spiro atoms. The van der Waals surface area contributed by atoms with Gasteiger partial charge in [0, 0.05) is 12.4 Å². The molecule has 0 fully saturated rings. The maximum absolute atomic E-state index is 4.09. The molecule has 0 aliphatic carbocycles. The van der Waals surface area contributed by atoms with Gasteiger partial charge in [-0.05, 0) is 41.4 Å². The zero-order valence-corrected chi connectivity index (χ0v) is 10.6. The van der Waals surface area contributed by atoms with Crippen LogP contribution in [0.4, 0.5) is 0 Å². The van der Waals surface area contributed by atoms with Gasteiger partial charge in [0.25, 0.3) is 0 Å². The number of rotatable bonds is 3. The number of nitrogens with zero attached hydrogens (tertiary/aromatic N) is 1. The van der Waals surface area contributed by atoms with E-state index in [1.165, 1.54) is 12.0 Å². The van der Waals surface area contributed by atoms with Gasteiger partial charge in [-0.25, -0.2) is 0 Å². The van der Waals surface area contributed by atoms with Crippen LogP contribution < -0.4 is 0 Å². The van der Waals surface area contributed by atoms with Crippen molar-refractivity contribution < 1.29 is 0 Å². The van der Waals surface area contributed by atoms with Crippen LogP contribution in [0.15, 0.2) is 24.5 Å². The quantitative estimate of drug-likeness (QED) is 0.718. The Morgan fingerprint density at radius 2 is 1.67 bits per heavy atom. The van der Waals surface area contributed by atoms with Crippen molar-refractivity contribution in [2.24, 2.45) is 11.3 Å². The largest absolute Gasteiger partial charge is 0.265 e. The molecule has 0 saturated carbocycles. The molecule has 1 unspecified atom stereocenters. The van der Waals surface area contributed by atoms with E-state index in [0.717, 1.165) is 5.92 Å². The fourth-order valence-corrected chi connectivity index (χ4v) is 2.06. The molecule has 0 aromatic carbocycles. The van der Waals surface area contributed by atoms with E-state index in [9.17, 15) is 0 Å².